The number of carbonyl (C=O) groups excluding carboxylic acids is 6. The van der Waals surface area contributed by atoms with Gasteiger partial charge in [-0.3, -0.25) is 38.6 Å². The molecular formula is C47H52N7O11P. The molecule has 0 unspecified atom stereocenters. The van der Waals surface area contributed by atoms with Crippen LogP contribution in [0.3, 0.4) is 0 Å². The Labute approximate surface area is 380 Å². The largest absolute Gasteiger partial charge is 0.524 e. The van der Waals surface area contributed by atoms with Gasteiger partial charge in [0.05, 0.1) is 6.10 Å². The minimum atomic E-state index is -4.88. The highest BCUT2D eigenvalue weighted by molar-refractivity contribution is 7.46. The summed E-state index contributed by atoms with van der Waals surface area (Å²) in [4.78, 5) is 110. The number of benzene rings is 4. The minimum absolute atomic E-state index is 0.0260. The highest BCUT2D eigenvalue weighted by atomic mass is 31.2. The zero-order valence-electron chi connectivity index (χ0n) is 36.0. The van der Waals surface area contributed by atoms with Gasteiger partial charge in [-0.1, -0.05) is 91.0 Å². The van der Waals surface area contributed by atoms with Crippen LogP contribution in [0.25, 0.3) is 10.9 Å². The lowest BCUT2D eigenvalue weighted by molar-refractivity contribution is -0.143. The molecule has 6 amide bonds. The Morgan fingerprint density at radius 3 is 1.73 bits per heavy atom. The van der Waals surface area contributed by atoms with Gasteiger partial charge >= 0.3 is 7.82 Å². The molecule has 18 nitrogen and oxygen atoms in total. The molecule has 66 heavy (non-hydrogen) atoms. The quantitative estimate of drug-likeness (QED) is 0.0862. The summed E-state index contributed by atoms with van der Waals surface area (Å²) in [6, 6.07) is 22.6. The fourth-order valence-corrected chi connectivity index (χ4v) is 8.74. The maximum Gasteiger partial charge on any atom is 0.524 e. The number of carbonyl (C=O) groups is 6. The number of aromatic nitrogens is 1. The Morgan fingerprint density at radius 2 is 1.12 bits per heavy atom. The molecule has 7 atom stereocenters. The zero-order valence-corrected chi connectivity index (χ0v) is 36.9. The Hall–Kier alpha value is -6.85. The van der Waals surface area contributed by atoms with Crippen LogP contribution < -0.4 is 31.1 Å². The molecular weight excluding hydrogens is 870 g/mol. The first-order valence-corrected chi connectivity index (χ1v) is 23.1. The number of nitrogens with zero attached hydrogens (tertiary/aromatic N) is 1. The number of phosphoric ester groups is 1. The van der Waals surface area contributed by atoms with Gasteiger partial charge in [0.25, 0.3) is 0 Å². The van der Waals surface area contributed by atoms with Gasteiger partial charge in [0.1, 0.15) is 42.0 Å². The highest BCUT2D eigenvalue weighted by Crippen LogP contribution is 2.37. The number of hydrogen-bond acceptors (Lipinski definition) is 9. The van der Waals surface area contributed by atoms with E-state index in [0.717, 1.165) is 10.9 Å². The predicted octanol–water partition coefficient (Wildman–Crippen LogP) is 1.72. The number of para-hydroxylation sites is 1. The third-order valence-corrected chi connectivity index (χ3v) is 12.1. The van der Waals surface area contributed by atoms with Crippen LogP contribution in [0.1, 0.15) is 42.0 Å². The van der Waals surface area contributed by atoms with Crippen LogP contribution in [0, 0.1) is 0 Å². The standard InChI is InChI=1S/C47H52N7O11P/c1-28(55)41-46(60)51-36(23-29-11-4-2-5-12-29)42(56)49-38(26-32-27-48-35-16-9-8-15-34(32)35)43(57)52-39(25-30-13-6-3-7-14-30)47(61)54-22-10-17-40(54)45(59)50-37(44(58)53-41)24-31-18-20-33(21-19-31)65-66(62,63)64/h2-9,11-16,18-21,27-28,36-41,48,55H,10,17,22-26H2,1H3,(H,49,56)(H,50,59)(H,51,60)(H,52,57)(H,53,58)(H2,62,63,64)/t28-,36+,37+,38+,39+,40-,41+/m1/s1. The second-order valence-electron chi connectivity index (χ2n) is 16.5. The Kier molecular flexibility index (Phi) is 15.0. The van der Waals surface area contributed by atoms with Crippen LogP contribution in [-0.4, -0.2) is 109 Å². The SMILES string of the molecule is C[C@@H](O)[C@@H]1NC(=O)[C@H](Cc2ccc(OP(=O)(O)O)cc2)NC(=O)[C@H]2CCCN2C(=O)[C@H](Cc2ccccc2)NC(=O)[C@H](Cc2c[nH]c3ccccc23)NC(=O)[C@H](Cc2ccccc2)NC1=O. The summed E-state index contributed by atoms with van der Waals surface area (Å²) >= 11 is 0. The van der Waals surface area contributed by atoms with E-state index < -0.39 is 85.6 Å². The molecule has 7 rings (SSSR count). The van der Waals surface area contributed by atoms with E-state index in [1.807, 2.05) is 30.3 Å². The molecule has 346 valence electrons. The minimum Gasteiger partial charge on any atom is -0.404 e. The highest BCUT2D eigenvalue weighted by Gasteiger charge is 2.41. The summed E-state index contributed by atoms with van der Waals surface area (Å²) in [5, 5.41) is 25.5. The van der Waals surface area contributed by atoms with Crippen LogP contribution in [0.2, 0.25) is 0 Å². The molecule has 0 aliphatic carbocycles. The number of aliphatic hydroxyl groups is 1. The molecule has 2 aliphatic rings. The molecule has 2 saturated heterocycles. The number of aliphatic hydroxyl groups excluding tert-OH is 1. The molecule has 4 aromatic carbocycles. The van der Waals surface area contributed by atoms with Gasteiger partial charge in [-0.05, 0) is 60.2 Å². The summed E-state index contributed by atoms with van der Waals surface area (Å²) in [7, 11) is -4.88. The Balaban J connectivity index is 1.28. The van der Waals surface area contributed by atoms with Crippen LogP contribution in [0.5, 0.6) is 5.75 Å². The third-order valence-electron chi connectivity index (χ3n) is 11.7. The van der Waals surface area contributed by atoms with Gasteiger partial charge in [-0.15, -0.1) is 0 Å². The zero-order chi connectivity index (χ0) is 47.0. The maximum atomic E-state index is 14.8. The number of phosphoric acid groups is 1. The van der Waals surface area contributed by atoms with E-state index in [0.29, 0.717) is 28.7 Å². The normalized spacial score (nSPS) is 23.1. The molecule has 3 heterocycles. The van der Waals surface area contributed by atoms with Gasteiger partial charge in [-0.2, -0.15) is 0 Å². The summed E-state index contributed by atoms with van der Waals surface area (Å²) < 4.78 is 16.1. The van der Waals surface area contributed by atoms with E-state index in [9.17, 15) is 48.2 Å². The number of aromatic amines is 1. The topological polar surface area (TPSA) is 269 Å². The summed E-state index contributed by atoms with van der Waals surface area (Å²) in [6.45, 7) is 1.42. The average Bonchev–Trinajstić information content (AvgIpc) is 3.95. The molecule has 2 aliphatic heterocycles. The average molecular weight is 922 g/mol. The van der Waals surface area contributed by atoms with Crippen molar-refractivity contribution in [3.05, 3.63) is 138 Å². The van der Waals surface area contributed by atoms with Gasteiger partial charge in [0, 0.05) is 49.3 Å². The predicted molar refractivity (Wildman–Crippen MR) is 241 cm³/mol. The van der Waals surface area contributed by atoms with Crippen molar-refractivity contribution in [2.45, 2.75) is 87.8 Å². The van der Waals surface area contributed by atoms with Gasteiger partial charge in [0.2, 0.25) is 35.4 Å². The van der Waals surface area contributed by atoms with E-state index in [1.54, 1.807) is 60.8 Å². The number of H-pyrrole nitrogens is 1. The molecule has 1 aromatic heterocycles. The monoisotopic (exact) mass is 921 g/mol. The fourth-order valence-electron chi connectivity index (χ4n) is 8.34. The summed E-state index contributed by atoms with van der Waals surface area (Å²) in [5.74, 6) is -4.70. The number of hydrogen-bond donors (Lipinski definition) is 9. The van der Waals surface area contributed by atoms with Crippen LogP contribution in [0.4, 0.5) is 0 Å². The molecule has 0 radical (unpaired) electrons. The summed E-state index contributed by atoms with van der Waals surface area (Å²) in [6.07, 6.45) is 0.570. The Morgan fingerprint density at radius 1 is 0.621 bits per heavy atom. The van der Waals surface area contributed by atoms with Crippen molar-refractivity contribution in [3.63, 3.8) is 0 Å². The lowest BCUT2D eigenvalue weighted by atomic mass is 9.99. The Bertz CT molecular complexity index is 2590. The van der Waals surface area contributed by atoms with Crippen LogP contribution >= 0.6 is 7.82 Å². The van der Waals surface area contributed by atoms with E-state index in [4.69, 9.17) is 0 Å². The second kappa shape index (κ2) is 21.0. The lowest BCUT2D eigenvalue weighted by Crippen LogP contribution is -2.63. The number of fused-ring (bicyclic) bond motifs is 2. The lowest BCUT2D eigenvalue weighted by Gasteiger charge is -2.32. The van der Waals surface area contributed by atoms with Crippen LogP contribution in [0.15, 0.2) is 115 Å². The molecule has 5 aromatic rings. The van der Waals surface area contributed by atoms with Crippen molar-refractivity contribution in [1.82, 2.24) is 36.5 Å². The van der Waals surface area contributed by atoms with Gasteiger partial charge < -0.3 is 46.1 Å². The maximum absolute atomic E-state index is 14.8. The van der Waals surface area contributed by atoms with E-state index in [-0.39, 0.29) is 44.4 Å². The second-order valence-corrected chi connectivity index (χ2v) is 17.7. The first-order chi connectivity index (χ1) is 31.6. The van der Waals surface area contributed by atoms with Crippen LogP contribution in [-0.2, 0) is 59.0 Å². The first kappa shape index (κ1) is 47.1. The van der Waals surface area contributed by atoms with Crippen molar-refractivity contribution in [3.8, 4) is 5.75 Å². The molecule has 2 fully saturated rings. The van der Waals surface area contributed by atoms with Crippen molar-refractivity contribution in [2.75, 3.05) is 6.54 Å². The fraction of sp³-hybridized carbons (Fsp3) is 0.319. The summed E-state index contributed by atoms with van der Waals surface area (Å²) in [5.41, 5.74) is 3.24. The molecule has 19 heteroatoms. The van der Waals surface area contributed by atoms with Gasteiger partial charge in [0.15, 0.2) is 0 Å². The van der Waals surface area contributed by atoms with Crippen molar-refractivity contribution in [2.24, 2.45) is 0 Å². The molecule has 9 N–H and O–H groups in total. The molecule has 0 saturated carbocycles. The molecule has 0 bridgehead atoms. The number of rotatable bonds is 11. The first-order valence-electron chi connectivity index (χ1n) is 21.6. The molecule has 0 spiro atoms. The third kappa shape index (κ3) is 12.1. The number of nitrogens with one attached hydrogen (secondary N) is 6. The van der Waals surface area contributed by atoms with Crippen molar-refractivity contribution in [1.29, 1.82) is 0 Å². The smallest absolute Gasteiger partial charge is 0.404 e. The van der Waals surface area contributed by atoms with Crippen molar-refractivity contribution >= 4 is 54.2 Å². The van der Waals surface area contributed by atoms with Gasteiger partial charge in [-0.25, -0.2) is 4.57 Å². The van der Waals surface area contributed by atoms with Crippen molar-refractivity contribution < 1.29 is 52.7 Å². The van der Waals surface area contributed by atoms with E-state index >= 15 is 0 Å². The number of amides is 6. The van der Waals surface area contributed by atoms with E-state index in [1.165, 1.54) is 36.1 Å². The van der Waals surface area contributed by atoms with E-state index in [2.05, 4.69) is 36.1 Å².